The monoisotopic (exact) mass is 230 g/mol. The minimum atomic E-state index is 0.0415. The van der Waals surface area contributed by atoms with Gasteiger partial charge in [-0.25, -0.2) is 0 Å². The van der Waals surface area contributed by atoms with E-state index in [0.29, 0.717) is 12.2 Å². The Balaban J connectivity index is 2.15. The molecular weight excluding hydrogens is 216 g/mol. The summed E-state index contributed by atoms with van der Waals surface area (Å²) in [4.78, 5) is 0. The lowest BCUT2D eigenvalue weighted by Crippen LogP contribution is -1.89. The van der Waals surface area contributed by atoms with Crippen molar-refractivity contribution in [3.05, 3.63) is 53.3 Å². The summed E-state index contributed by atoms with van der Waals surface area (Å²) in [7, 11) is 0. The summed E-state index contributed by atoms with van der Waals surface area (Å²) in [5.41, 5.74) is 1.84. The third kappa shape index (κ3) is 3.14. The first-order valence-corrected chi connectivity index (χ1v) is 5.43. The number of aliphatic hydroxyl groups excluding tert-OH is 1. The molecule has 0 saturated carbocycles. The van der Waals surface area contributed by atoms with Crippen LogP contribution in [0.25, 0.3) is 6.08 Å². The van der Waals surface area contributed by atoms with Crippen LogP contribution < -0.4 is 0 Å². The van der Waals surface area contributed by atoms with E-state index in [9.17, 15) is 15.3 Å². The molecule has 2 rings (SSSR count). The Bertz CT molecular complexity index is 490. The Morgan fingerprint density at radius 3 is 2.12 bits per heavy atom. The van der Waals surface area contributed by atoms with E-state index in [1.165, 1.54) is 6.07 Å². The van der Waals surface area contributed by atoms with Crippen molar-refractivity contribution in [2.75, 3.05) is 0 Å². The van der Waals surface area contributed by atoms with E-state index in [-0.39, 0.29) is 11.5 Å². The Labute approximate surface area is 99.7 Å². The third-order valence-electron chi connectivity index (χ3n) is 2.57. The molecule has 88 valence electrons. The lowest BCUT2D eigenvalue weighted by Gasteiger charge is -2.06. The molecule has 0 unspecified atom stereocenters. The van der Waals surface area contributed by atoms with E-state index in [1.54, 1.807) is 18.2 Å². The van der Waals surface area contributed by atoms with Gasteiger partial charge in [-0.3, -0.25) is 0 Å². The molecule has 0 aromatic heterocycles. The van der Waals surface area contributed by atoms with E-state index in [2.05, 4.69) is 0 Å². The quantitative estimate of drug-likeness (QED) is 0.730. The maximum Gasteiger partial charge on any atom is 0.119 e. The zero-order chi connectivity index (χ0) is 12.3. The fraction of sp³-hybridized carbons (Fsp3) is 0.143. The van der Waals surface area contributed by atoms with Crippen molar-refractivity contribution >= 4 is 6.08 Å². The number of hydrogen-bond donors (Lipinski definition) is 3. The zero-order valence-corrected chi connectivity index (χ0v) is 9.30. The van der Waals surface area contributed by atoms with E-state index < -0.39 is 0 Å². The van der Waals surface area contributed by atoms with E-state index in [1.807, 2.05) is 18.2 Å². The molecule has 1 aliphatic carbocycles. The average Bonchev–Trinajstić information content (AvgIpc) is 2.27. The molecule has 0 radical (unpaired) electrons. The fourth-order valence-electron chi connectivity index (χ4n) is 1.70. The van der Waals surface area contributed by atoms with Gasteiger partial charge >= 0.3 is 0 Å². The highest BCUT2D eigenvalue weighted by Gasteiger charge is 2.02. The lowest BCUT2D eigenvalue weighted by atomic mass is 10.0. The van der Waals surface area contributed by atoms with Crippen LogP contribution in [0.4, 0.5) is 0 Å². The number of phenols is 2. The van der Waals surface area contributed by atoms with E-state index in [4.69, 9.17) is 0 Å². The maximum atomic E-state index is 9.31. The second-order valence-corrected chi connectivity index (χ2v) is 4.02. The molecule has 0 fully saturated rings. The zero-order valence-electron chi connectivity index (χ0n) is 9.30. The van der Waals surface area contributed by atoms with Crippen molar-refractivity contribution in [2.24, 2.45) is 0 Å². The van der Waals surface area contributed by atoms with Crippen LogP contribution in [-0.4, -0.2) is 15.3 Å². The highest BCUT2D eigenvalue weighted by molar-refractivity contribution is 5.57. The summed E-state index contributed by atoms with van der Waals surface area (Å²) in [6.45, 7) is 0. The van der Waals surface area contributed by atoms with Crippen molar-refractivity contribution in [3.8, 4) is 11.5 Å². The van der Waals surface area contributed by atoms with Gasteiger partial charge in [-0.05, 0) is 35.8 Å². The number of aromatic hydroxyl groups is 2. The van der Waals surface area contributed by atoms with Gasteiger partial charge in [0.2, 0.25) is 0 Å². The highest BCUT2D eigenvalue weighted by atomic mass is 16.3. The molecule has 1 aromatic carbocycles. The van der Waals surface area contributed by atoms with Gasteiger partial charge in [0.25, 0.3) is 0 Å². The number of benzene rings is 1. The van der Waals surface area contributed by atoms with Crippen LogP contribution in [0.5, 0.6) is 11.5 Å². The summed E-state index contributed by atoms with van der Waals surface area (Å²) in [6.07, 6.45) is 8.73. The van der Waals surface area contributed by atoms with Gasteiger partial charge in [0.1, 0.15) is 11.5 Å². The largest absolute Gasteiger partial charge is 0.512 e. The molecule has 17 heavy (non-hydrogen) atoms. The van der Waals surface area contributed by atoms with Crippen LogP contribution >= 0.6 is 0 Å². The molecule has 0 amide bonds. The SMILES string of the molecule is OC1=CC=C(/C=C\c2cc(O)cc(O)c2)CC1. The smallest absolute Gasteiger partial charge is 0.119 e. The Morgan fingerprint density at radius 2 is 1.53 bits per heavy atom. The molecule has 0 spiro atoms. The van der Waals surface area contributed by atoms with Crippen LogP contribution in [0.3, 0.4) is 0 Å². The molecule has 0 atom stereocenters. The number of phenolic OH excluding ortho intramolecular Hbond substituents is 2. The molecule has 0 bridgehead atoms. The van der Waals surface area contributed by atoms with Gasteiger partial charge in [0.05, 0.1) is 5.76 Å². The predicted octanol–water partition coefficient (Wildman–Crippen LogP) is 3.27. The molecular formula is C14H14O3. The third-order valence-corrected chi connectivity index (χ3v) is 2.57. The molecule has 0 aliphatic heterocycles. The first kappa shape index (κ1) is 11.3. The first-order chi connectivity index (χ1) is 8.13. The van der Waals surface area contributed by atoms with Crippen molar-refractivity contribution in [3.63, 3.8) is 0 Å². The number of rotatable bonds is 2. The van der Waals surface area contributed by atoms with Gasteiger partial charge in [-0.15, -0.1) is 0 Å². The summed E-state index contributed by atoms with van der Waals surface area (Å²) < 4.78 is 0. The molecule has 0 saturated heterocycles. The summed E-state index contributed by atoms with van der Waals surface area (Å²) in [5.74, 6) is 0.483. The van der Waals surface area contributed by atoms with Crippen LogP contribution in [0.2, 0.25) is 0 Å². The number of aliphatic hydroxyl groups is 1. The van der Waals surface area contributed by atoms with Crippen molar-refractivity contribution in [2.45, 2.75) is 12.8 Å². The normalized spacial score (nSPS) is 15.8. The first-order valence-electron chi connectivity index (χ1n) is 5.43. The molecule has 1 aromatic rings. The van der Waals surface area contributed by atoms with Gasteiger partial charge in [-0.1, -0.05) is 18.2 Å². The van der Waals surface area contributed by atoms with Gasteiger partial charge in [0.15, 0.2) is 0 Å². The van der Waals surface area contributed by atoms with Gasteiger partial charge in [-0.2, -0.15) is 0 Å². The topological polar surface area (TPSA) is 60.7 Å². The van der Waals surface area contributed by atoms with Crippen LogP contribution in [0.15, 0.2) is 47.8 Å². The van der Waals surface area contributed by atoms with Crippen LogP contribution in [0, 0.1) is 0 Å². The molecule has 3 heteroatoms. The van der Waals surface area contributed by atoms with Crippen molar-refractivity contribution in [1.82, 2.24) is 0 Å². The lowest BCUT2D eigenvalue weighted by molar-refractivity contribution is 0.386. The Morgan fingerprint density at radius 1 is 0.824 bits per heavy atom. The second kappa shape index (κ2) is 4.78. The fourth-order valence-corrected chi connectivity index (χ4v) is 1.70. The summed E-state index contributed by atoms with van der Waals surface area (Å²) in [6, 6.07) is 4.44. The maximum absolute atomic E-state index is 9.31. The van der Waals surface area contributed by atoms with Crippen molar-refractivity contribution < 1.29 is 15.3 Å². The molecule has 3 N–H and O–H groups in total. The van der Waals surface area contributed by atoms with Crippen molar-refractivity contribution in [1.29, 1.82) is 0 Å². The van der Waals surface area contributed by atoms with Gasteiger partial charge in [0, 0.05) is 12.5 Å². The molecule has 3 nitrogen and oxygen atoms in total. The summed E-state index contributed by atoms with van der Waals surface area (Å²) >= 11 is 0. The van der Waals surface area contributed by atoms with Crippen LogP contribution in [-0.2, 0) is 0 Å². The number of hydrogen-bond acceptors (Lipinski definition) is 3. The van der Waals surface area contributed by atoms with E-state index in [0.717, 1.165) is 17.6 Å². The standard InChI is InChI=1S/C14H14O3/c15-12-5-3-10(4-6-12)1-2-11-7-13(16)9-14(17)8-11/h1-3,5,7-9,15-17H,4,6H2/b2-1-. The van der Waals surface area contributed by atoms with Crippen LogP contribution in [0.1, 0.15) is 18.4 Å². The minimum absolute atomic E-state index is 0.0415. The number of allylic oxidation sites excluding steroid dienone is 5. The van der Waals surface area contributed by atoms with Gasteiger partial charge < -0.3 is 15.3 Å². The molecule has 1 aliphatic rings. The second-order valence-electron chi connectivity index (χ2n) is 4.02. The minimum Gasteiger partial charge on any atom is -0.512 e. The average molecular weight is 230 g/mol. The predicted molar refractivity (Wildman–Crippen MR) is 66.8 cm³/mol. The molecule has 0 heterocycles. The Hall–Kier alpha value is -2.16. The summed E-state index contributed by atoms with van der Waals surface area (Å²) in [5, 5.41) is 27.8. The highest BCUT2D eigenvalue weighted by Crippen LogP contribution is 2.23. The Kier molecular flexibility index (Phi) is 3.19. The van der Waals surface area contributed by atoms with E-state index >= 15 is 0 Å².